The van der Waals surface area contributed by atoms with Crippen LogP contribution in [0.15, 0.2) is 54.6 Å². The van der Waals surface area contributed by atoms with Crippen LogP contribution in [0, 0.1) is 5.92 Å². The van der Waals surface area contributed by atoms with Crippen LogP contribution in [0.3, 0.4) is 0 Å². The molecule has 3 rings (SSSR count). The molecule has 2 aromatic carbocycles. The summed E-state index contributed by atoms with van der Waals surface area (Å²) in [6.07, 6.45) is 1.60. The number of ether oxygens (including phenoxy) is 1. The van der Waals surface area contributed by atoms with E-state index in [9.17, 15) is 9.90 Å². The Labute approximate surface area is 149 Å². The lowest BCUT2D eigenvalue weighted by atomic mass is 10.0. The van der Waals surface area contributed by atoms with Crippen LogP contribution in [0.1, 0.15) is 37.9 Å². The van der Waals surface area contributed by atoms with Gasteiger partial charge in [-0.1, -0.05) is 30.3 Å². The number of carbonyl (C=O) groups excluding carboxylic acids is 1. The second kappa shape index (κ2) is 7.70. The van der Waals surface area contributed by atoms with Crippen molar-refractivity contribution in [3.8, 4) is 5.75 Å². The van der Waals surface area contributed by atoms with Crippen LogP contribution in [0.5, 0.6) is 5.75 Å². The summed E-state index contributed by atoms with van der Waals surface area (Å²) in [6, 6.07) is 17.0. The molecule has 0 saturated heterocycles. The maximum Gasteiger partial charge on any atom is 0.230 e. The van der Waals surface area contributed by atoms with Crippen molar-refractivity contribution in [2.45, 2.75) is 38.3 Å². The molecule has 1 aliphatic carbocycles. The van der Waals surface area contributed by atoms with E-state index < -0.39 is 6.10 Å². The molecule has 1 saturated carbocycles. The van der Waals surface area contributed by atoms with Gasteiger partial charge in [0.25, 0.3) is 0 Å². The summed E-state index contributed by atoms with van der Waals surface area (Å²) in [7, 11) is 1.63. The van der Waals surface area contributed by atoms with Gasteiger partial charge in [0.05, 0.1) is 19.6 Å². The van der Waals surface area contributed by atoms with Crippen LogP contribution in [-0.2, 0) is 4.79 Å². The minimum absolute atomic E-state index is 0.0547. The fraction of sp³-hybridized carbons (Fsp3) is 0.381. The summed E-state index contributed by atoms with van der Waals surface area (Å²) in [5.41, 5.74) is 1.62. The SMILES string of the molecule is COc1ccc(N(C(=O)CC(O)c2ccccc2)C(C)C2CC2)cc1. The molecule has 1 fully saturated rings. The summed E-state index contributed by atoms with van der Waals surface area (Å²) in [5, 5.41) is 10.4. The second-order valence-electron chi connectivity index (χ2n) is 6.67. The Balaban J connectivity index is 1.79. The quantitative estimate of drug-likeness (QED) is 0.831. The number of carbonyl (C=O) groups is 1. The van der Waals surface area contributed by atoms with Crippen molar-refractivity contribution in [2.24, 2.45) is 5.92 Å². The molecule has 4 heteroatoms. The zero-order chi connectivity index (χ0) is 17.8. The Kier molecular flexibility index (Phi) is 5.39. The van der Waals surface area contributed by atoms with Gasteiger partial charge < -0.3 is 14.7 Å². The van der Waals surface area contributed by atoms with Crippen LogP contribution in [-0.4, -0.2) is 24.2 Å². The fourth-order valence-corrected chi connectivity index (χ4v) is 3.20. The van der Waals surface area contributed by atoms with E-state index in [4.69, 9.17) is 4.74 Å². The minimum atomic E-state index is -0.791. The first-order valence-corrected chi connectivity index (χ1v) is 8.79. The highest BCUT2D eigenvalue weighted by atomic mass is 16.5. The third-order valence-electron chi connectivity index (χ3n) is 4.88. The molecule has 2 aromatic rings. The first-order chi connectivity index (χ1) is 12.1. The zero-order valence-corrected chi connectivity index (χ0v) is 14.8. The smallest absolute Gasteiger partial charge is 0.230 e. The molecule has 0 aromatic heterocycles. The topological polar surface area (TPSA) is 49.8 Å². The summed E-state index contributed by atoms with van der Waals surface area (Å²) >= 11 is 0. The monoisotopic (exact) mass is 339 g/mol. The van der Waals surface area contributed by atoms with E-state index in [1.165, 1.54) is 0 Å². The third kappa shape index (κ3) is 4.20. The first-order valence-electron chi connectivity index (χ1n) is 8.79. The van der Waals surface area contributed by atoms with Crippen molar-refractivity contribution in [2.75, 3.05) is 12.0 Å². The lowest BCUT2D eigenvalue weighted by Crippen LogP contribution is -2.40. The molecule has 1 N–H and O–H groups in total. The van der Waals surface area contributed by atoms with Crippen molar-refractivity contribution in [1.82, 2.24) is 0 Å². The van der Waals surface area contributed by atoms with Crippen molar-refractivity contribution >= 4 is 11.6 Å². The molecule has 0 bridgehead atoms. The van der Waals surface area contributed by atoms with E-state index >= 15 is 0 Å². The molecular formula is C21H25NO3. The summed E-state index contributed by atoms with van der Waals surface area (Å²) in [5.74, 6) is 1.25. The average molecular weight is 339 g/mol. The summed E-state index contributed by atoms with van der Waals surface area (Å²) in [6.45, 7) is 2.09. The Morgan fingerprint density at radius 1 is 1.16 bits per heavy atom. The average Bonchev–Trinajstić information content (AvgIpc) is 3.48. The van der Waals surface area contributed by atoms with E-state index in [2.05, 4.69) is 6.92 Å². The lowest BCUT2D eigenvalue weighted by Gasteiger charge is -2.30. The van der Waals surface area contributed by atoms with Crippen LogP contribution in [0.25, 0.3) is 0 Å². The Morgan fingerprint density at radius 3 is 2.36 bits per heavy atom. The summed E-state index contributed by atoms with van der Waals surface area (Å²) in [4.78, 5) is 14.8. The van der Waals surface area contributed by atoms with Crippen molar-refractivity contribution < 1.29 is 14.6 Å². The molecule has 0 radical (unpaired) electrons. The number of rotatable bonds is 7. The van der Waals surface area contributed by atoms with E-state index in [1.54, 1.807) is 7.11 Å². The van der Waals surface area contributed by atoms with E-state index in [1.807, 2.05) is 59.5 Å². The number of aliphatic hydroxyl groups excluding tert-OH is 1. The molecular weight excluding hydrogens is 314 g/mol. The standard InChI is InChI=1S/C21H25NO3/c1-15(16-8-9-16)22(18-10-12-19(25-2)13-11-18)21(24)14-20(23)17-6-4-3-5-7-17/h3-7,10-13,15-16,20,23H,8-9,14H2,1-2H3. The van der Waals surface area contributed by atoms with Gasteiger partial charge in [-0.3, -0.25) is 4.79 Å². The predicted molar refractivity (Wildman–Crippen MR) is 98.7 cm³/mol. The van der Waals surface area contributed by atoms with Crippen molar-refractivity contribution in [1.29, 1.82) is 0 Å². The van der Waals surface area contributed by atoms with E-state index in [0.717, 1.165) is 29.8 Å². The number of hydrogen-bond acceptors (Lipinski definition) is 3. The highest BCUT2D eigenvalue weighted by Crippen LogP contribution is 2.38. The van der Waals surface area contributed by atoms with Crippen LogP contribution in [0.4, 0.5) is 5.69 Å². The molecule has 0 aliphatic heterocycles. The zero-order valence-electron chi connectivity index (χ0n) is 14.8. The number of benzene rings is 2. The Morgan fingerprint density at radius 2 is 1.80 bits per heavy atom. The van der Waals surface area contributed by atoms with Crippen LogP contribution >= 0.6 is 0 Å². The summed E-state index contributed by atoms with van der Waals surface area (Å²) < 4.78 is 5.21. The van der Waals surface area contributed by atoms with E-state index in [-0.39, 0.29) is 18.4 Å². The molecule has 132 valence electrons. The van der Waals surface area contributed by atoms with Crippen LogP contribution in [0.2, 0.25) is 0 Å². The Bertz CT molecular complexity index is 695. The highest BCUT2D eigenvalue weighted by Gasteiger charge is 2.35. The van der Waals surface area contributed by atoms with Gasteiger partial charge in [-0.25, -0.2) is 0 Å². The molecule has 4 nitrogen and oxygen atoms in total. The largest absolute Gasteiger partial charge is 0.497 e. The predicted octanol–water partition coefficient (Wildman–Crippen LogP) is 3.95. The number of methoxy groups -OCH3 is 1. The number of anilines is 1. The first kappa shape index (κ1) is 17.5. The minimum Gasteiger partial charge on any atom is -0.497 e. The molecule has 1 aliphatic rings. The van der Waals surface area contributed by atoms with Crippen molar-refractivity contribution in [3.05, 3.63) is 60.2 Å². The van der Waals surface area contributed by atoms with Gasteiger partial charge in [-0.05, 0) is 55.5 Å². The third-order valence-corrected chi connectivity index (χ3v) is 4.88. The molecule has 2 atom stereocenters. The molecule has 25 heavy (non-hydrogen) atoms. The molecule has 1 amide bonds. The normalized spacial score (nSPS) is 16.1. The van der Waals surface area contributed by atoms with Gasteiger partial charge in [-0.2, -0.15) is 0 Å². The van der Waals surface area contributed by atoms with Gasteiger partial charge in [0.1, 0.15) is 5.75 Å². The molecule has 2 unspecified atom stereocenters. The maximum absolute atomic E-state index is 13.0. The lowest BCUT2D eigenvalue weighted by molar-refractivity contribution is -0.121. The maximum atomic E-state index is 13.0. The molecule has 0 heterocycles. The van der Waals surface area contributed by atoms with E-state index in [0.29, 0.717) is 5.92 Å². The van der Waals surface area contributed by atoms with Crippen molar-refractivity contribution in [3.63, 3.8) is 0 Å². The van der Waals surface area contributed by atoms with Gasteiger partial charge in [0.15, 0.2) is 0 Å². The Hall–Kier alpha value is -2.33. The van der Waals surface area contributed by atoms with Crippen LogP contribution < -0.4 is 9.64 Å². The van der Waals surface area contributed by atoms with Gasteiger partial charge in [-0.15, -0.1) is 0 Å². The fourth-order valence-electron chi connectivity index (χ4n) is 3.20. The van der Waals surface area contributed by atoms with Gasteiger partial charge in [0.2, 0.25) is 5.91 Å². The number of aliphatic hydroxyl groups is 1. The highest BCUT2D eigenvalue weighted by molar-refractivity contribution is 5.94. The second-order valence-corrected chi connectivity index (χ2v) is 6.67. The number of amides is 1. The van der Waals surface area contributed by atoms with Gasteiger partial charge >= 0.3 is 0 Å². The number of hydrogen-bond donors (Lipinski definition) is 1. The molecule has 0 spiro atoms. The number of nitrogens with zero attached hydrogens (tertiary/aromatic N) is 1. The van der Waals surface area contributed by atoms with Gasteiger partial charge in [0, 0.05) is 11.7 Å².